The summed E-state index contributed by atoms with van der Waals surface area (Å²) < 4.78 is 5.03. The molecule has 1 fully saturated rings. The number of anilines is 2. The third kappa shape index (κ3) is 6.82. The number of nitrogens with one attached hydrogen (secondary N) is 2. The Kier molecular flexibility index (Phi) is 7.87. The van der Waals surface area contributed by atoms with Crippen LogP contribution in [0.5, 0.6) is 0 Å². The zero-order chi connectivity index (χ0) is 20.7. The lowest BCUT2D eigenvalue weighted by Gasteiger charge is -2.33. The maximum Gasteiger partial charge on any atom is 0.253 e. The highest BCUT2D eigenvalue weighted by molar-refractivity contribution is 6.02. The molecule has 28 heavy (non-hydrogen) atoms. The van der Waals surface area contributed by atoms with Gasteiger partial charge in [0.05, 0.1) is 12.2 Å². The van der Waals surface area contributed by atoms with Gasteiger partial charge >= 0.3 is 0 Å². The number of hydrogen-bond acceptors (Lipinski definition) is 4. The SMILES string of the molecule is COCCNC(=O)c1cc(NC(=O)CC(C)(C)C)ccc1N1CCC(C)CC1. The molecule has 156 valence electrons. The first-order valence-corrected chi connectivity index (χ1v) is 10.2. The maximum absolute atomic E-state index is 12.8. The molecule has 1 saturated heterocycles. The summed E-state index contributed by atoms with van der Waals surface area (Å²) in [5.41, 5.74) is 2.09. The molecule has 2 amide bonds. The molecule has 0 atom stereocenters. The van der Waals surface area contributed by atoms with Gasteiger partial charge < -0.3 is 20.3 Å². The van der Waals surface area contributed by atoms with Crippen LogP contribution in [0.4, 0.5) is 11.4 Å². The molecule has 6 nitrogen and oxygen atoms in total. The highest BCUT2D eigenvalue weighted by Gasteiger charge is 2.22. The maximum atomic E-state index is 12.8. The molecular formula is C22H35N3O3. The Bertz CT molecular complexity index is 674. The molecule has 6 heteroatoms. The fraction of sp³-hybridized carbons (Fsp3) is 0.636. The number of rotatable bonds is 7. The molecule has 2 N–H and O–H groups in total. The number of carbonyl (C=O) groups excluding carboxylic acids is 2. The molecule has 1 aliphatic rings. The largest absolute Gasteiger partial charge is 0.383 e. The molecule has 1 heterocycles. The third-order valence-corrected chi connectivity index (χ3v) is 4.93. The lowest BCUT2D eigenvalue weighted by Crippen LogP contribution is -2.35. The molecule has 0 unspecified atom stereocenters. The van der Waals surface area contributed by atoms with Crippen LogP contribution >= 0.6 is 0 Å². The van der Waals surface area contributed by atoms with E-state index in [-0.39, 0.29) is 17.2 Å². The van der Waals surface area contributed by atoms with Crippen LogP contribution in [0.15, 0.2) is 18.2 Å². The van der Waals surface area contributed by atoms with Gasteiger partial charge in [-0.1, -0.05) is 27.7 Å². The zero-order valence-corrected chi connectivity index (χ0v) is 17.9. The number of methoxy groups -OCH3 is 1. The van der Waals surface area contributed by atoms with Gasteiger partial charge in [-0.3, -0.25) is 9.59 Å². The Labute approximate surface area is 169 Å². The van der Waals surface area contributed by atoms with Crippen LogP contribution in [0, 0.1) is 11.3 Å². The second-order valence-electron chi connectivity index (χ2n) is 8.94. The summed E-state index contributed by atoms with van der Waals surface area (Å²) in [6.45, 7) is 11.1. The van der Waals surface area contributed by atoms with Crippen LogP contribution in [-0.2, 0) is 9.53 Å². The standard InChI is InChI=1S/C22H35N3O3/c1-16-8-11-25(12-9-16)19-7-6-17(24-20(26)15-22(2,3)4)14-18(19)21(27)23-10-13-28-5/h6-7,14,16H,8-13,15H2,1-5H3,(H,23,27)(H,24,26). The van der Waals surface area contributed by atoms with E-state index in [0.717, 1.165) is 31.6 Å². The smallest absolute Gasteiger partial charge is 0.253 e. The Morgan fingerprint density at radius 1 is 1.21 bits per heavy atom. The minimum Gasteiger partial charge on any atom is -0.383 e. The van der Waals surface area contributed by atoms with Crippen molar-refractivity contribution < 1.29 is 14.3 Å². The number of nitrogens with zero attached hydrogens (tertiary/aromatic N) is 1. The number of amides is 2. The molecule has 0 aliphatic carbocycles. The second-order valence-corrected chi connectivity index (χ2v) is 8.94. The Hall–Kier alpha value is -2.08. The van der Waals surface area contributed by atoms with E-state index in [9.17, 15) is 9.59 Å². The fourth-order valence-electron chi connectivity index (χ4n) is 3.37. The van der Waals surface area contributed by atoms with Crippen molar-refractivity contribution in [1.29, 1.82) is 0 Å². The molecule has 0 bridgehead atoms. The average molecular weight is 390 g/mol. The van der Waals surface area contributed by atoms with E-state index < -0.39 is 0 Å². The summed E-state index contributed by atoms with van der Waals surface area (Å²) >= 11 is 0. The normalized spacial score (nSPS) is 15.4. The summed E-state index contributed by atoms with van der Waals surface area (Å²) in [4.78, 5) is 27.4. The Morgan fingerprint density at radius 3 is 2.50 bits per heavy atom. The summed E-state index contributed by atoms with van der Waals surface area (Å²) in [5, 5.41) is 5.84. The summed E-state index contributed by atoms with van der Waals surface area (Å²) in [7, 11) is 1.61. The first-order valence-electron chi connectivity index (χ1n) is 10.2. The molecule has 0 saturated carbocycles. The van der Waals surface area contributed by atoms with Crippen LogP contribution in [-0.4, -0.2) is 45.2 Å². The molecule has 2 rings (SSSR count). The summed E-state index contributed by atoms with van der Waals surface area (Å²) in [6, 6.07) is 5.63. The van der Waals surface area contributed by atoms with Crippen molar-refractivity contribution in [2.45, 2.75) is 47.0 Å². The predicted molar refractivity (Wildman–Crippen MR) is 114 cm³/mol. The number of carbonyl (C=O) groups is 2. The molecule has 1 aromatic rings. The van der Waals surface area contributed by atoms with E-state index in [1.807, 2.05) is 32.9 Å². The number of benzene rings is 1. The van der Waals surface area contributed by atoms with Crippen molar-refractivity contribution in [2.24, 2.45) is 11.3 Å². The minimum absolute atomic E-state index is 0.0437. The van der Waals surface area contributed by atoms with Crippen LogP contribution in [0.1, 0.15) is 57.3 Å². The van der Waals surface area contributed by atoms with Crippen LogP contribution in [0.3, 0.4) is 0 Å². The molecule has 0 spiro atoms. The van der Waals surface area contributed by atoms with E-state index >= 15 is 0 Å². The van der Waals surface area contributed by atoms with Gasteiger partial charge in [0.15, 0.2) is 0 Å². The average Bonchev–Trinajstić information content (AvgIpc) is 2.61. The van der Waals surface area contributed by atoms with Crippen molar-refractivity contribution in [1.82, 2.24) is 5.32 Å². The van der Waals surface area contributed by atoms with Crippen LogP contribution < -0.4 is 15.5 Å². The molecule has 0 radical (unpaired) electrons. The highest BCUT2D eigenvalue weighted by atomic mass is 16.5. The lowest BCUT2D eigenvalue weighted by molar-refractivity contribution is -0.117. The topological polar surface area (TPSA) is 70.7 Å². The lowest BCUT2D eigenvalue weighted by atomic mass is 9.92. The van der Waals surface area contributed by atoms with E-state index in [1.165, 1.54) is 0 Å². The quantitative estimate of drug-likeness (QED) is 0.698. The summed E-state index contributed by atoms with van der Waals surface area (Å²) in [5.74, 6) is 0.529. The molecule has 1 aromatic carbocycles. The van der Waals surface area contributed by atoms with E-state index in [1.54, 1.807) is 13.2 Å². The first kappa shape index (κ1) is 22.2. The number of piperidine rings is 1. The van der Waals surface area contributed by atoms with Gasteiger partial charge in [-0.2, -0.15) is 0 Å². The van der Waals surface area contributed by atoms with Crippen molar-refractivity contribution in [2.75, 3.05) is 43.6 Å². The van der Waals surface area contributed by atoms with Gasteiger partial charge in [0.25, 0.3) is 5.91 Å². The summed E-state index contributed by atoms with van der Waals surface area (Å²) in [6.07, 6.45) is 2.66. The van der Waals surface area contributed by atoms with Crippen molar-refractivity contribution in [3.8, 4) is 0 Å². The number of ether oxygens (including phenoxy) is 1. The predicted octanol–water partition coefficient (Wildman–Crippen LogP) is 3.67. The van der Waals surface area contributed by atoms with Crippen molar-refractivity contribution in [3.63, 3.8) is 0 Å². The van der Waals surface area contributed by atoms with Gasteiger partial charge in [-0.25, -0.2) is 0 Å². The van der Waals surface area contributed by atoms with Gasteiger partial charge in [-0.15, -0.1) is 0 Å². The monoisotopic (exact) mass is 389 g/mol. The van der Waals surface area contributed by atoms with Gasteiger partial charge in [-0.05, 0) is 42.4 Å². The first-order chi connectivity index (χ1) is 13.2. The van der Waals surface area contributed by atoms with Crippen LogP contribution in [0.25, 0.3) is 0 Å². The van der Waals surface area contributed by atoms with E-state index in [0.29, 0.717) is 36.7 Å². The minimum atomic E-state index is -0.141. The van der Waals surface area contributed by atoms with E-state index in [4.69, 9.17) is 4.74 Å². The zero-order valence-electron chi connectivity index (χ0n) is 17.9. The Morgan fingerprint density at radius 2 is 1.89 bits per heavy atom. The highest BCUT2D eigenvalue weighted by Crippen LogP contribution is 2.29. The van der Waals surface area contributed by atoms with Gasteiger partial charge in [0.1, 0.15) is 0 Å². The van der Waals surface area contributed by atoms with Gasteiger partial charge in [0.2, 0.25) is 5.91 Å². The van der Waals surface area contributed by atoms with Gasteiger partial charge in [0, 0.05) is 44.5 Å². The second kappa shape index (κ2) is 9.92. The number of hydrogen-bond donors (Lipinski definition) is 2. The molecule has 1 aliphatic heterocycles. The fourth-order valence-corrected chi connectivity index (χ4v) is 3.37. The van der Waals surface area contributed by atoms with Crippen LogP contribution in [0.2, 0.25) is 0 Å². The molecular weight excluding hydrogens is 354 g/mol. The van der Waals surface area contributed by atoms with Crippen molar-refractivity contribution >= 4 is 23.2 Å². The third-order valence-electron chi connectivity index (χ3n) is 4.93. The van der Waals surface area contributed by atoms with E-state index in [2.05, 4.69) is 22.5 Å². The molecule has 0 aromatic heterocycles. The van der Waals surface area contributed by atoms with Crippen molar-refractivity contribution in [3.05, 3.63) is 23.8 Å². The Balaban J connectivity index is 2.21.